The summed E-state index contributed by atoms with van der Waals surface area (Å²) in [7, 11) is 0. The highest BCUT2D eigenvalue weighted by molar-refractivity contribution is 5.77. The second-order valence-corrected chi connectivity index (χ2v) is 6.23. The number of carbonyl (C=O) groups excluding carboxylic acids is 1. The molecule has 4 heteroatoms. The minimum Gasteiger partial charge on any atom is -0.348 e. The van der Waals surface area contributed by atoms with Crippen LogP contribution in [0.5, 0.6) is 0 Å². The van der Waals surface area contributed by atoms with Crippen molar-refractivity contribution in [1.82, 2.24) is 5.32 Å². The average Bonchev–Trinajstić information content (AvgIpc) is 2.87. The van der Waals surface area contributed by atoms with Crippen molar-refractivity contribution in [3.05, 3.63) is 0 Å². The Balaban J connectivity index is 1.58. The molecular weight excluding hydrogens is 238 g/mol. The summed E-state index contributed by atoms with van der Waals surface area (Å²) in [6.07, 6.45) is 8.97. The molecule has 2 aliphatic rings. The van der Waals surface area contributed by atoms with Crippen molar-refractivity contribution in [2.75, 3.05) is 26.2 Å². The normalized spacial score (nSPS) is 28.5. The highest BCUT2D eigenvalue weighted by Crippen LogP contribution is 2.16. The third kappa shape index (κ3) is 4.77. The van der Waals surface area contributed by atoms with Gasteiger partial charge < -0.3 is 15.5 Å². The molecule has 0 bridgehead atoms. The molecule has 0 radical (unpaired) electrons. The maximum absolute atomic E-state index is 11.9. The van der Waals surface area contributed by atoms with Crippen LogP contribution in [0.2, 0.25) is 0 Å². The second kappa shape index (κ2) is 7.85. The van der Waals surface area contributed by atoms with Gasteiger partial charge in [0.2, 0.25) is 0 Å². The van der Waals surface area contributed by atoms with Gasteiger partial charge in [-0.2, -0.15) is 0 Å². The molecule has 2 rings (SSSR count). The largest absolute Gasteiger partial charge is 0.348 e. The van der Waals surface area contributed by atoms with E-state index in [0.717, 1.165) is 12.6 Å². The van der Waals surface area contributed by atoms with Crippen molar-refractivity contribution in [1.29, 1.82) is 0 Å². The van der Waals surface area contributed by atoms with Gasteiger partial charge in [-0.15, -0.1) is 0 Å². The highest BCUT2D eigenvalue weighted by Gasteiger charge is 2.28. The number of hydrogen-bond donors (Lipinski definition) is 3. The number of carbonyl (C=O) groups is 1. The van der Waals surface area contributed by atoms with Gasteiger partial charge in [-0.3, -0.25) is 4.79 Å². The lowest BCUT2D eigenvalue weighted by molar-refractivity contribution is -0.923. The first-order chi connectivity index (χ1) is 9.29. The van der Waals surface area contributed by atoms with Gasteiger partial charge in [-0.25, -0.2) is 0 Å². The molecule has 1 saturated carbocycles. The number of rotatable bonds is 6. The number of nitrogens with two attached hydrogens (primary N) is 1. The fraction of sp³-hybridized carbons (Fsp3) is 0.933. The topological polar surface area (TPSA) is 50.2 Å². The molecule has 1 aliphatic carbocycles. The first-order valence-corrected chi connectivity index (χ1v) is 8.25. The van der Waals surface area contributed by atoms with E-state index >= 15 is 0 Å². The van der Waals surface area contributed by atoms with Gasteiger partial charge in [0.1, 0.15) is 12.6 Å². The summed E-state index contributed by atoms with van der Waals surface area (Å²) in [6, 6.07) is 1.23. The zero-order chi connectivity index (χ0) is 13.5. The SMILES string of the molecule is CC[NH+]1CCC[C@H]1C[NH2+]CC(=O)NC1CCCCC1. The Morgan fingerprint density at radius 2 is 2.00 bits per heavy atom. The van der Waals surface area contributed by atoms with Crippen LogP contribution >= 0.6 is 0 Å². The van der Waals surface area contributed by atoms with E-state index in [0.29, 0.717) is 12.6 Å². The molecule has 19 heavy (non-hydrogen) atoms. The molecule has 110 valence electrons. The Morgan fingerprint density at radius 3 is 2.74 bits per heavy atom. The Kier molecular flexibility index (Phi) is 6.11. The molecule has 1 amide bonds. The van der Waals surface area contributed by atoms with Crippen LogP contribution in [0.3, 0.4) is 0 Å². The fourth-order valence-corrected chi connectivity index (χ4v) is 3.68. The van der Waals surface area contributed by atoms with Crippen LogP contribution in [-0.2, 0) is 4.79 Å². The number of nitrogens with one attached hydrogen (secondary N) is 2. The van der Waals surface area contributed by atoms with Crippen molar-refractivity contribution in [3.63, 3.8) is 0 Å². The molecule has 0 aromatic carbocycles. The number of quaternary nitrogens is 2. The molecule has 2 atom stereocenters. The van der Waals surface area contributed by atoms with E-state index in [1.807, 2.05) is 0 Å². The Labute approximate surface area is 117 Å². The quantitative estimate of drug-likeness (QED) is 0.573. The Morgan fingerprint density at radius 1 is 1.21 bits per heavy atom. The van der Waals surface area contributed by atoms with Gasteiger partial charge >= 0.3 is 0 Å². The minimum atomic E-state index is 0.239. The molecule has 4 N–H and O–H groups in total. The number of likely N-dealkylation sites (tertiary alicyclic amines) is 1. The average molecular weight is 269 g/mol. The van der Waals surface area contributed by atoms with Crippen LogP contribution in [0.25, 0.3) is 0 Å². The first-order valence-electron chi connectivity index (χ1n) is 8.25. The molecule has 4 nitrogen and oxygen atoms in total. The van der Waals surface area contributed by atoms with Gasteiger partial charge in [0, 0.05) is 18.9 Å². The molecule has 2 fully saturated rings. The molecule has 0 spiro atoms. The van der Waals surface area contributed by atoms with Crippen molar-refractivity contribution in [2.45, 2.75) is 64.0 Å². The van der Waals surface area contributed by atoms with E-state index in [9.17, 15) is 4.79 Å². The third-order valence-corrected chi connectivity index (χ3v) is 4.83. The van der Waals surface area contributed by atoms with Crippen LogP contribution in [0.4, 0.5) is 0 Å². The van der Waals surface area contributed by atoms with Gasteiger partial charge in [-0.05, 0) is 19.8 Å². The maximum atomic E-state index is 11.9. The Hall–Kier alpha value is -0.610. The van der Waals surface area contributed by atoms with Crippen molar-refractivity contribution < 1.29 is 15.0 Å². The molecule has 0 aromatic rings. The molecule has 1 unspecified atom stereocenters. The highest BCUT2D eigenvalue weighted by atomic mass is 16.1. The zero-order valence-corrected chi connectivity index (χ0v) is 12.4. The fourth-order valence-electron chi connectivity index (χ4n) is 3.68. The lowest BCUT2D eigenvalue weighted by Gasteiger charge is -2.22. The van der Waals surface area contributed by atoms with Crippen LogP contribution < -0.4 is 15.5 Å². The molecule has 1 aliphatic heterocycles. The van der Waals surface area contributed by atoms with E-state index in [4.69, 9.17) is 0 Å². The van der Waals surface area contributed by atoms with Gasteiger partial charge in [0.15, 0.2) is 6.54 Å². The summed E-state index contributed by atoms with van der Waals surface area (Å²) >= 11 is 0. The maximum Gasteiger partial charge on any atom is 0.275 e. The summed E-state index contributed by atoms with van der Waals surface area (Å²) in [5, 5.41) is 5.40. The van der Waals surface area contributed by atoms with Gasteiger partial charge in [-0.1, -0.05) is 19.3 Å². The summed E-state index contributed by atoms with van der Waals surface area (Å²) in [6.45, 7) is 6.55. The van der Waals surface area contributed by atoms with E-state index in [-0.39, 0.29) is 5.91 Å². The van der Waals surface area contributed by atoms with Gasteiger partial charge in [0.05, 0.1) is 13.1 Å². The van der Waals surface area contributed by atoms with Gasteiger partial charge in [0.25, 0.3) is 5.91 Å². The predicted octanol–water partition coefficient (Wildman–Crippen LogP) is -0.934. The first kappa shape index (κ1) is 14.8. The molecule has 1 heterocycles. The summed E-state index contributed by atoms with van der Waals surface area (Å²) < 4.78 is 0. The third-order valence-electron chi connectivity index (χ3n) is 4.83. The van der Waals surface area contributed by atoms with Crippen LogP contribution in [-0.4, -0.2) is 44.2 Å². The number of hydrogen-bond acceptors (Lipinski definition) is 1. The predicted molar refractivity (Wildman–Crippen MR) is 76.1 cm³/mol. The van der Waals surface area contributed by atoms with Crippen LogP contribution in [0.1, 0.15) is 51.9 Å². The number of amides is 1. The van der Waals surface area contributed by atoms with Crippen molar-refractivity contribution in [2.24, 2.45) is 0 Å². The Bertz CT molecular complexity index is 277. The second-order valence-electron chi connectivity index (χ2n) is 6.23. The van der Waals surface area contributed by atoms with Crippen molar-refractivity contribution >= 4 is 5.91 Å². The monoisotopic (exact) mass is 269 g/mol. The lowest BCUT2D eigenvalue weighted by Crippen LogP contribution is -3.16. The minimum absolute atomic E-state index is 0.239. The molecule has 0 aromatic heterocycles. The van der Waals surface area contributed by atoms with E-state index in [2.05, 4.69) is 17.6 Å². The summed E-state index contributed by atoms with van der Waals surface area (Å²) in [4.78, 5) is 13.6. The summed E-state index contributed by atoms with van der Waals surface area (Å²) in [5.41, 5.74) is 0. The number of likely N-dealkylation sites (N-methyl/N-ethyl adjacent to an activating group) is 1. The van der Waals surface area contributed by atoms with Crippen molar-refractivity contribution in [3.8, 4) is 0 Å². The lowest BCUT2D eigenvalue weighted by atomic mass is 9.95. The van der Waals surface area contributed by atoms with E-state index in [1.54, 1.807) is 4.90 Å². The zero-order valence-electron chi connectivity index (χ0n) is 12.4. The molecule has 1 saturated heterocycles. The standard InChI is InChI=1S/C15H29N3O/c1-2-18-10-6-9-14(18)11-16-12-15(19)17-13-7-4-3-5-8-13/h13-14,16H,2-12H2,1H3,(H,17,19)/p+2/t14-/m0/s1. The van der Waals surface area contributed by atoms with E-state index in [1.165, 1.54) is 58.0 Å². The van der Waals surface area contributed by atoms with Crippen LogP contribution in [0, 0.1) is 0 Å². The van der Waals surface area contributed by atoms with Crippen LogP contribution in [0.15, 0.2) is 0 Å². The summed E-state index contributed by atoms with van der Waals surface area (Å²) in [5.74, 6) is 0.239. The smallest absolute Gasteiger partial charge is 0.275 e. The van der Waals surface area contributed by atoms with E-state index < -0.39 is 0 Å². The molecular formula is C15H31N3O+2.